The molecular weight excluding hydrogens is 253 g/mol. The van der Waals surface area contributed by atoms with Crippen LogP contribution in [-0.4, -0.2) is 15.9 Å². The van der Waals surface area contributed by atoms with Crippen LogP contribution in [0.3, 0.4) is 0 Å². The summed E-state index contributed by atoms with van der Waals surface area (Å²) in [5, 5.41) is 2.96. The van der Waals surface area contributed by atoms with Gasteiger partial charge in [-0.15, -0.1) is 0 Å². The number of halogens is 1. The Morgan fingerprint density at radius 2 is 2.18 bits per heavy atom. The SMILES string of the molecule is C[C@@H]1CC[C@@H](I)CCC(=O)N1. The van der Waals surface area contributed by atoms with Crippen molar-refractivity contribution < 1.29 is 4.79 Å². The zero-order chi connectivity index (χ0) is 8.27. The highest BCUT2D eigenvalue weighted by Gasteiger charge is 2.15. The largest absolute Gasteiger partial charge is 0.354 e. The summed E-state index contributed by atoms with van der Waals surface area (Å²) in [5.74, 6) is 0.221. The fourth-order valence-electron chi connectivity index (χ4n) is 1.28. The van der Waals surface area contributed by atoms with Crippen LogP contribution in [0.15, 0.2) is 0 Å². The van der Waals surface area contributed by atoms with Gasteiger partial charge in [0.05, 0.1) is 0 Å². The van der Waals surface area contributed by atoms with Gasteiger partial charge in [-0.3, -0.25) is 4.79 Å². The number of nitrogens with one attached hydrogen (secondary N) is 1. The molecule has 1 aliphatic heterocycles. The summed E-state index contributed by atoms with van der Waals surface area (Å²) in [5.41, 5.74) is 0. The molecule has 0 spiro atoms. The van der Waals surface area contributed by atoms with E-state index in [1.807, 2.05) is 0 Å². The van der Waals surface area contributed by atoms with E-state index in [4.69, 9.17) is 0 Å². The molecule has 2 atom stereocenters. The van der Waals surface area contributed by atoms with Crippen molar-refractivity contribution in [1.29, 1.82) is 0 Å². The Bertz CT molecular complexity index is 149. The van der Waals surface area contributed by atoms with Gasteiger partial charge in [0.1, 0.15) is 0 Å². The number of alkyl halides is 1. The van der Waals surface area contributed by atoms with E-state index in [1.165, 1.54) is 6.42 Å². The van der Waals surface area contributed by atoms with Gasteiger partial charge in [-0.05, 0) is 26.2 Å². The van der Waals surface area contributed by atoms with E-state index in [0.717, 1.165) is 12.8 Å². The third-order valence-corrected chi connectivity index (χ3v) is 3.25. The molecule has 1 rings (SSSR count). The fraction of sp³-hybridized carbons (Fsp3) is 0.875. The Hall–Kier alpha value is 0.200. The molecule has 0 aromatic carbocycles. The van der Waals surface area contributed by atoms with Crippen molar-refractivity contribution in [1.82, 2.24) is 5.32 Å². The summed E-state index contributed by atoms with van der Waals surface area (Å²) in [6.07, 6.45) is 4.11. The van der Waals surface area contributed by atoms with Gasteiger partial charge in [0.25, 0.3) is 0 Å². The predicted molar refractivity (Wildman–Crippen MR) is 53.9 cm³/mol. The Morgan fingerprint density at radius 3 is 2.91 bits per heavy atom. The number of carbonyl (C=O) groups excluding carboxylic acids is 1. The van der Waals surface area contributed by atoms with Crippen molar-refractivity contribution in [3.8, 4) is 0 Å². The van der Waals surface area contributed by atoms with Crippen LogP contribution in [0, 0.1) is 0 Å². The van der Waals surface area contributed by atoms with Crippen LogP contribution < -0.4 is 5.32 Å². The second-order valence-electron chi connectivity index (χ2n) is 3.18. The molecule has 64 valence electrons. The third-order valence-electron chi connectivity index (χ3n) is 2.00. The van der Waals surface area contributed by atoms with Crippen LogP contribution in [0.1, 0.15) is 32.6 Å². The Kier molecular flexibility index (Phi) is 3.62. The van der Waals surface area contributed by atoms with Crippen molar-refractivity contribution in [3.05, 3.63) is 0 Å². The van der Waals surface area contributed by atoms with Crippen molar-refractivity contribution in [3.63, 3.8) is 0 Å². The molecule has 0 aromatic rings. The Labute approximate surface area is 81.3 Å². The highest BCUT2D eigenvalue weighted by Crippen LogP contribution is 2.18. The summed E-state index contributed by atoms with van der Waals surface area (Å²) >= 11 is 2.44. The number of amides is 1. The molecule has 0 aliphatic carbocycles. The first kappa shape index (κ1) is 9.29. The lowest BCUT2D eigenvalue weighted by molar-refractivity contribution is -0.122. The highest BCUT2D eigenvalue weighted by atomic mass is 127. The first-order valence-corrected chi connectivity index (χ1v) is 5.36. The van der Waals surface area contributed by atoms with Gasteiger partial charge in [-0.1, -0.05) is 22.6 Å². The van der Waals surface area contributed by atoms with Gasteiger partial charge in [0.2, 0.25) is 5.91 Å². The molecule has 1 amide bonds. The summed E-state index contributed by atoms with van der Waals surface area (Å²) < 4.78 is 0.695. The fourth-order valence-corrected chi connectivity index (χ4v) is 1.95. The minimum absolute atomic E-state index is 0.221. The van der Waals surface area contributed by atoms with Gasteiger partial charge in [-0.2, -0.15) is 0 Å². The van der Waals surface area contributed by atoms with Crippen molar-refractivity contribution in [2.75, 3.05) is 0 Å². The smallest absolute Gasteiger partial charge is 0.220 e. The number of hydrogen-bond donors (Lipinski definition) is 1. The number of carbonyl (C=O) groups is 1. The molecule has 0 radical (unpaired) electrons. The number of rotatable bonds is 0. The first-order valence-electron chi connectivity index (χ1n) is 4.12. The second kappa shape index (κ2) is 4.28. The quantitative estimate of drug-likeness (QED) is 0.527. The van der Waals surface area contributed by atoms with Crippen molar-refractivity contribution >= 4 is 28.5 Å². The summed E-state index contributed by atoms with van der Waals surface area (Å²) in [7, 11) is 0. The van der Waals surface area contributed by atoms with Crippen LogP contribution >= 0.6 is 22.6 Å². The third kappa shape index (κ3) is 3.40. The van der Waals surface area contributed by atoms with Crippen LogP contribution in [0.5, 0.6) is 0 Å². The van der Waals surface area contributed by atoms with E-state index < -0.39 is 0 Å². The lowest BCUT2D eigenvalue weighted by atomic mass is 10.0. The average Bonchev–Trinajstić information content (AvgIpc) is 1.95. The molecule has 0 bridgehead atoms. The zero-order valence-electron chi connectivity index (χ0n) is 6.77. The van der Waals surface area contributed by atoms with Gasteiger partial charge < -0.3 is 5.32 Å². The second-order valence-corrected chi connectivity index (χ2v) is 4.94. The molecule has 1 saturated heterocycles. The van der Waals surface area contributed by atoms with Crippen molar-refractivity contribution in [2.45, 2.75) is 42.6 Å². The van der Waals surface area contributed by atoms with E-state index in [0.29, 0.717) is 16.4 Å². The van der Waals surface area contributed by atoms with Gasteiger partial charge in [0, 0.05) is 16.4 Å². The topological polar surface area (TPSA) is 29.1 Å². The van der Waals surface area contributed by atoms with E-state index >= 15 is 0 Å². The van der Waals surface area contributed by atoms with E-state index in [9.17, 15) is 4.79 Å². The molecule has 2 nitrogen and oxygen atoms in total. The summed E-state index contributed by atoms with van der Waals surface area (Å²) in [4.78, 5) is 11.1. The number of hydrogen-bond acceptors (Lipinski definition) is 1. The van der Waals surface area contributed by atoms with Crippen LogP contribution in [0.4, 0.5) is 0 Å². The highest BCUT2D eigenvalue weighted by molar-refractivity contribution is 14.1. The molecule has 1 N–H and O–H groups in total. The molecular formula is C8H14INO. The van der Waals surface area contributed by atoms with Crippen molar-refractivity contribution in [2.24, 2.45) is 0 Å². The molecule has 11 heavy (non-hydrogen) atoms. The van der Waals surface area contributed by atoms with Crippen LogP contribution in [0.25, 0.3) is 0 Å². The Balaban J connectivity index is 2.40. The first-order chi connectivity index (χ1) is 5.18. The normalized spacial score (nSPS) is 33.8. The lowest BCUT2D eigenvalue weighted by Gasteiger charge is -2.19. The van der Waals surface area contributed by atoms with Crippen LogP contribution in [0.2, 0.25) is 0 Å². The molecule has 0 saturated carbocycles. The zero-order valence-corrected chi connectivity index (χ0v) is 8.93. The molecule has 0 aromatic heterocycles. The average molecular weight is 267 g/mol. The van der Waals surface area contributed by atoms with Crippen LogP contribution in [-0.2, 0) is 4.79 Å². The summed E-state index contributed by atoms with van der Waals surface area (Å²) in [6.45, 7) is 2.08. The van der Waals surface area contributed by atoms with E-state index in [-0.39, 0.29) is 5.91 Å². The molecule has 3 heteroatoms. The molecule has 1 heterocycles. The van der Waals surface area contributed by atoms with E-state index in [2.05, 4.69) is 34.8 Å². The molecule has 0 unspecified atom stereocenters. The maximum atomic E-state index is 11.1. The predicted octanol–water partition coefficient (Wildman–Crippen LogP) is 1.87. The van der Waals surface area contributed by atoms with E-state index in [1.54, 1.807) is 0 Å². The maximum Gasteiger partial charge on any atom is 0.220 e. The minimum Gasteiger partial charge on any atom is -0.354 e. The maximum absolute atomic E-state index is 11.1. The summed E-state index contributed by atoms with van der Waals surface area (Å²) in [6, 6.07) is 0.375. The lowest BCUT2D eigenvalue weighted by Crippen LogP contribution is -2.34. The van der Waals surface area contributed by atoms with Gasteiger partial charge in [-0.25, -0.2) is 0 Å². The van der Waals surface area contributed by atoms with Gasteiger partial charge in [0.15, 0.2) is 0 Å². The molecule has 1 fully saturated rings. The monoisotopic (exact) mass is 267 g/mol. The Morgan fingerprint density at radius 1 is 1.45 bits per heavy atom. The standard InChI is InChI=1S/C8H14INO/c1-6-2-3-7(9)4-5-8(11)10-6/h6-7H,2-5H2,1H3,(H,10,11)/t6-,7-/m1/s1. The minimum atomic E-state index is 0.221. The van der Waals surface area contributed by atoms with Gasteiger partial charge >= 0.3 is 0 Å². The molecule has 1 aliphatic rings.